The van der Waals surface area contributed by atoms with E-state index in [4.69, 9.17) is 4.74 Å². The summed E-state index contributed by atoms with van der Waals surface area (Å²) in [7, 11) is 0. The number of ether oxygens (including phenoxy) is 1. The van der Waals surface area contributed by atoms with Crippen LogP contribution < -0.4 is 0 Å². The van der Waals surface area contributed by atoms with Gasteiger partial charge in [0.1, 0.15) is 0 Å². The van der Waals surface area contributed by atoms with Crippen LogP contribution in [-0.2, 0) is 4.74 Å². The predicted octanol–water partition coefficient (Wildman–Crippen LogP) is 7.19. The van der Waals surface area contributed by atoms with Crippen molar-refractivity contribution in [1.29, 1.82) is 0 Å². The van der Waals surface area contributed by atoms with Crippen molar-refractivity contribution in [2.45, 2.75) is 97.5 Å². The van der Waals surface area contributed by atoms with E-state index in [2.05, 4.69) is 44.3 Å². The minimum atomic E-state index is 0.492. The monoisotopic (exact) mass is 362 g/mol. The fraction of sp³-hybridized carbons (Fsp3) is 1.00. The lowest BCUT2D eigenvalue weighted by Gasteiger charge is -2.17. The number of hydrogen-bond donors (Lipinski definition) is 0. The summed E-state index contributed by atoms with van der Waals surface area (Å²) < 4.78 is 6.16. The van der Waals surface area contributed by atoms with Gasteiger partial charge in [0, 0.05) is 11.5 Å². The molecule has 0 saturated carbocycles. The Morgan fingerprint density at radius 2 is 1.26 bits per heavy atom. The molecule has 0 fully saturated rings. The van der Waals surface area contributed by atoms with E-state index in [1.807, 2.05) is 0 Å². The standard InChI is InChI=1S/C20H42OS2/c1-4-7-10-12-16-22-18-15-21-20(14-9-6-3)19-23-17-13-11-8-5-2/h20H,4-19H2,1-3H3/t20-/m0/s1. The number of hydrogen-bond acceptors (Lipinski definition) is 3. The zero-order chi connectivity index (χ0) is 17.0. The van der Waals surface area contributed by atoms with Crippen molar-refractivity contribution in [2.75, 3.05) is 29.6 Å². The maximum atomic E-state index is 6.16. The third-order valence-corrected chi connectivity index (χ3v) is 6.27. The molecule has 3 heteroatoms. The summed E-state index contributed by atoms with van der Waals surface area (Å²) in [5.74, 6) is 5.01. The average Bonchev–Trinajstić information content (AvgIpc) is 2.57. The Hall–Kier alpha value is 0.660. The van der Waals surface area contributed by atoms with Gasteiger partial charge in [-0.1, -0.05) is 72.1 Å². The van der Waals surface area contributed by atoms with Crippen LogP contribution in [0.2, 0.25) is 0 Å². The van der Waals surface area contributed by atoms with Gasteiger partial charge in [-0.25, -0.2) is 0 Å². The van der Waals surface area contributed by atoms with Crippen LogP contribution in [0.5, 0.6) is 0 Å². The maximum Gasteiger partial charge on any atom is 0.0665 e. The minimum absolute atomic E-state index is 0.492. The van der Waals surface area contributed by atoms with Crippen LogP contribution in [0, 0.1) is 0 Å². The van der Waals surface area contributed by atoms with Gasteiger partial charge in [-0.15, -0.1) is 0 Å². The first-order valence-corrected chi connectivity index (χ1v) is 12.4. The van der Waals surface area contributed by atoms with Gasteiger partial charge in [-0.05, 0) is 30.8 Å². The van der Waals surface area contributed by atoms with Crippen LogP contribution in [0.3, 0.4) is 0 Å². The summed E-state index contributed by atoms with van der Waals surface area (Å²) in [5.41, 5.74) is 0. The Labute approximate surface area is 155 Å². The smallest absolute Gasteiger partial charge is 0.0665 e. The van der Waals surface area contributed by atoms with Crippen molar-refractivity contribution in [1.82, 2.24) is 0 Å². The van der Waals surface area contributed by atoms with E-state index in [-0.39, 0.29) is 0 Å². The van der Waals surface area contributed by atoms with Gasteiger partial charge in [-0.3, -0.25) is 0 Å². The number of thioether (sulfide) groups is 2. The van der Waals surface area contributed by atoms with Crippen LogP contribution in [0.15, 0.2) is 0 Å². The molecule has 23 heavy (non-hydrogen) atoms. The zero-order valence-corrected chi connectivity index (χ0v) is 17.7. The highest BCUT2D eigenvalue weighted by Gasteiger charge is 2.08. The van der Waals surface area contributed by atoms with E-state index < -0.39 is 0 Å². The summed E-state index contributed by atoms with van der Waals surface area (Å²) in [6.45, 7) is 7.78. The average molecular weight is 363 g/mol. The topological polar surface area (TPSA) is 9.23 Å². The summed E-state index contributed by atoms with van der Waals surface area (Å²) in [5, 5.41) is 0. The first kappa shape index (κ1) is 23.7. The fourth-order valence-electron chi connectivity index (χ4n) is 2.50. The van der Waals surface area contributed by atoms with Crippen molar-refractivity contribution in [2.24, 2.45) is 0 Å². The molecule has 0 aliphatic heterocycles. The van der Waals surface area contributed by atoms with E-state index in [0.717, 1.165) is 6.61 Å². The van der Waals surface area contributed by atoms with E-state index in [1.165, 1.54) is 93.6 Å². The van der Waals surface area contributed by atoms with E-state index in [0.29, 0.717) is 6.10 Å². The van der Waals surface area contributed by atoms with Crippen molar-refractivity contribution in [3.05, 3.63) is 0 Å². The molecule has 140 valence electrons. The zero-order valence-electron chi connectivity index (χ0n) is 16.1. The molecule has 0 aromatic heterocycles. The molecule has 0 aliphatic rings. The third kappa shape index (κ3) is 18.8. The highest BCUT2D eigenvalue weighted by atomic mass is 32.2. The SMILES string of the molecule is CCCCCCSCCO[C@@H](CCCC)CSCCCCCC. The van der Waals surface area contributed by atoms with Crippen molar-refractivity contribution >= 4 is 23.5 Å². The molecule has 0 radical (unpaired) electrons. The first-order valence-electron chi connectivity index (χ1n) is 10.1. The first-order chi connectivity index (χ1) is 11.3. The molecule has 0 aliphatic carbocycles. The van der Waals surface area contributed by atoms with Gasteiger partial charge in [0.05, 0.1) is 12.7 Å². The lowest BCUT2D eigenvalue weighted by molar-refractivity contribution is 0.0740. The Morgan fingerprint density at radius 1 is 0.652 bits per heavy atom. The molecule has 0 N–H and O–H groups in total. The summed E-state index contributed by atoms with van der Waals surface area (Å²) in [6.07, 6.45) is 15.4. The third-order valence-electron chi connectivity index (χ3n) is 4.05. The van der Waals surface area contributed by atoms with Crippen molar-refractivity contribution in [3.63, 3.8) is 0 Å². The van der Waals surface area contributed by atoms with Crippen LogP contribution in [0.1, 0.15) is 91.4 Å². The molecule has 0 spiro atoms. The van der Waals surface area contributed by atoms with E-state index in [9.17, 15) is 0 Å². The lowest BCUT2D eigenvalue weighted by atomic mass is 10.2. The van der Waals surface area contributed by atoms with E-state index >= 15 is 0 Å². The van der Waals surface area contributed by atoms with Gasteiger partial charge in [0.2, 0.25) is 0 Å². The fourth-order valence-corrected chi connectivity index (χ4v) is 4.43. The van der Waals surface area contributed by atoms with Crippen LogP contribution in [0.25, 0.3) is 0 Å². The second kappa shape index (κ2) is 20.7. The Balaban J connectivity index is 3.54. The molecule has 1 nitrogen and oxygen atoms in total. The van der Waals surface area contributed by atoms with Gasteiger partial charge in [0.15, 0.2) is 0 Å². The maximum absolute atomic E-state index is 6.16. The van der Waals surface area contributed by atoms with Crippen molar-refractivity contribution in [3.8, 4) is 0 Å². The Morgan fingerprint density at radius 3 is 1.87 bits per heavy atom. The lowest BCUT2D eigenvalue weighted by Crippen LogP contribution is -2.18. The molecule has 1 atom stereocenters. The Kier molecular flexibility index (Phi) is 21.3. The molecule has 0 bridgehead atoms. The molecule has 0 heterocycles. The van der Waals surface area contributed by atoms with Gasteiger partial charge in [-0.2, -0.15) is 23.5 Å². The molecular formula is C20H42OS2. The van der Waals surface area contributed by atoms with Crippen LogP contribution in [-0.4, -0.2) is 35.7 Å². The summed E-state index contributed by atoms with van der Waals surface area (Å²) in [4.78, 5) is 0. The highest BCUT2D eigenvalue weighted by molar-refractivity contribution is 7.99. The van der Waals surface area contributed by atoms with Crippen molar-refractivity contribution < 1.29 is 4.74 Å². The minimum Gasteiger partial charge on any atom is -0.377 e. The molecule has 0 aromatic carbocycles. The second-order valence-corrected chi connectivity index (χ2v) is 8.82. The second-order valence-electron chi connectivity index (χ2n) is 6.44. The molecule has 0 amide bonds. The normalized spacial score (nSPS) is 12.7. The Bertz CT molecular complexity index is 212. The van der Waals surface area contributed by atoms with Gasteiger partial charge in [0.25, 0.3) is 0 Å². The predicted molar refractivity (Wildman–Crippen MR) is 112 cm³/mol. The number of rotatable bonds is 19. The molecule has 0 saturated heterocycles. The highest BCUT2D eigenvalue weighted by Crippen LogP contribution is 2.15. The molecule has 0 rings (SSSR count). The largest absolute Gasteiger partial charge is 0.377 e. The number of unbranched alkanes of at least 4 members (excludes halogenated alkanes) is 7. The van der Waals surface area contributed by atoms with Gasteiger partial charge >= 0.3 is 0 Å². The summed E-state index contributed by atoms with van der Waals surface area (Å²) in [6, 6.07) is 0. The molecule has 0 aromatic rings. The molecular weight excluding hydrogens is 320 g/mol. The van der Waals surface area contributed by atoms with Gasteiger partial charge < -0.3 is 4.74 Å². The molecule has 0 unspecified atom stereocenters. The van der Waals surface area contributed by atoms with Crippen LogP contribution in [0.4, 0.5) is 0 Å². The van der Waals surface area contributed by atoms with E-state index in [1.54, 1.807) is 0 Å². The summed E-state index contributed by atoms with van der Waals surface area (Å²) >= 11 is 4.18. The quantitative estimate of drug-likeness (QED) is 0.225. The van der Waals surface area contributed by atoms with Crippen LogP contribution >= 0.6 is 23.5 Å².